The number of hydrogen-bond acceptors (Lipinski definition) is 4. The second-order valence-electron chi connectivity index (χ2n) is 9.96. The van der Waals surface area contributed by atoms with E-state index in [-0.39, 0.29) is 0 Å². The van der Waals surface area contributed by atoms with Gasteiger partial charge in [-0.25, -0.2) is 9.59 Å². The molecule has 4 rings (SSSR count). The van der Waals surface area contributed by atoms with E-state index in [0.29, 0.717) is 18.6 Å². The number of carbonyl (C=O) groups excluding carboxylic acids is 2. The van der Waals surface area contributed by atoms with Gasteiger partial charge in [0.15, 0.2) is 0 Å². The molecule has 0 amide bonds. The zero-order chi connectivity index (χ0) is 20.5. The van der Waals surface area contributed by atoms with Crippen molar-refractivity contribution in [1.29, 1.82) is 0 Å². The molecule has 4 heteroatoms. The lowest BCUT2D eigenvalue weighted by Gasteiger charge is -2.57. The summed E-state index contributed by atoms with van der Waals surface area (Å²) in [5.74, 6) is 1.88. The third-order valence-electron chi connectivity index (χ3n) is 7.39. The maximum Gasteiger partial charge on any atom is 0.331 e. The van der Waals surface area contributed by atoms with Gasteiger partial charge >= 0.3 is 11.9 Å². The highest BCUT2D eigenvalue weighted by molar-refractivity contribution is 5.91. The second kappa shape index (κ2) is 11.2. The lowest BCUT2D eigenvalue weighted by Crippen LogP contribution is -2.46. The van der Waals surface area contributed by atoms with Gasteiger partial charge in [-0.05, 0) is 74.5 Å². The van der Waals surface area contributed by atoms with Crippen LogP contribution < -0.4 is 0 Å². The molecular formula is C25H40O4. The lowest BCUT2D eigenvalue weighted by atomic mass is 9.49. The second-order valence-corrected chi connectivity index (χ2v) is 9.96. The molecule has 164 valence electrons. The van der Waals surface area contributed by atoms with Gasteiger partial charge in [0.1, 0.15) is 0 Å². The number of carbonyl (C=O) groups is 2. The van der Waals surface area contributed by atoms with E-state index < -0.39 is 11.9 Å². The Morgan fingerprint density at radius 3 is 1.79 bits per heavy atom. The van der Waals surface area contributed by atoms with Crippen molar-refractivity contribution in [2.24, 2.45) is 23.2 Å². The first-order valence-corrected chi connectivity index (χ1v) is 12.1. The van der Waals surface area contributed by atoms with Gasteiger partial charge in [0.2, 0.25) is 0 Å². The van der Waals surface area contributed by atoms with E-state index in [9.17, 15) is 9.59 Å². The molecule has 29 heavy (non-hydrogen) atoms. The molecule has 4 fully saturated rings. The molecule has 0 spiro atoms. The van der Waals surface area contributed by atoms with Gasteiger partial charge < -0.3 is 9.47 Å². The quantitative estimate of drug-likeness (QED) is 0.215. The van der Waals surface area contributed by atoms with Crippen LogP contribution in [0, 0.1) is 23.2 Å². The molecule has 4 bridgehead atoms. The van der Waals surface area contributed by atoms with Gasteiger partial charge in [0.25, 0.3) is 0 Å². The summed E-state index contributed by atoms with van der Waals surface area (Å²) >= 11 is 0. The van der Waals surface area contributed by atoms with Crippen LogP contribution in [0.1, 0.15) is 96.8 Å². The zero-order valence-electron chi connectivity index (χ0n) is 18.3. The van der Waals surface area contributed by atoms with Gasteiger partial charge in [-0.3, -0.25) is 0 Å². The minimum Gasteiger partial charge on any atom is -0.463 e. The summed E-state index contributed by atoms with van der Waals surface area (Å²) < 4.78 is 10.5. The first-order valence-electron chi connectivity index (χ1n) is 12.1. The fourth-order valence-corrected chi connectivity index (χ4v) is 6.43. The first kappa shape index (κ1) is 22.4. The molecule has 0 aliphatic heterocycles. The van der Waals surface area contributed by atoms with Crippen molar-refractivity contribution in [3.05, 3.63) is 12.2 Å². The summed E-state index contributed by atoms with van der Waals surface area (Å²) in [6.07, 6.45) is 20.0. The SMILES string of the molecule is CCCCCCCCCOC(=O)/C=C/C(=O)OCCC12CC3CC(CC(C3)C1)C2. The summed E-state index contributed by atoms with van der Waals surface area (Å²) in [6, 6.07) is 0. The summed E-state index contributed by atoms with van der Waals surface area (Å²) in [5.41, 5.74) is 0.425. The minimum absolute atomic E-state index is 0.425. The van der Waals surface area contributed by atoms with E-state index >= 15 is 0 Å². The third-order valence-corrected chi connectivity index (χ3v) is 7.39. The van der Waals surface area contributed by atoms with E-state index in [0.717, 1.165) is 37.0 Å². The molecular weight excluding hydrogens is 364 g/mol. The van der Waals surface area contributed by atoms with Crippen molar-refractivity contribution in [2.75, 3.05) is 13.2 Å². The van der Waals surface area contributed by atoms with Crippen LogP contribution in [0.3, 0.4) is 0 Å². The van der Waals surface area contributed by atoms with Gasteiger partial charge in [-0.2, -0.15) is 0 Å². The smallest absolute Gasteiger partial charge is 0.331 e. The molecule has 0 aromatic heterocycles. The summed E-state index contributed by atoms with van der Waals surface area (Å²) in [4.78, 5) is 23.6. The highest BCUT2D eigenvalue weighted by Gasteiger charge is 2.50. The van der Waals surface area contributed by atoms with Crippen LogP contribution in [0.2, 0.25) is 0 Å². The van der Waals surface area contributed by atoms with Gasteiger partial charge in [0.05, 0.1) is 13.2 Å². The standard InChI is InChI=1S/C25H40O4/c1-2-3-4-5-6-7-8-12-28-23(26)9-10-24(27)29-13-11-25-17-20-14-21(18-25)16-22(15-20)19-25/h9-10,20-22H,2-8,11-19H2,1H3/b10-9+. The zero-order valence-corrected chi connectivity index (χ0v) is 18.3. The largest absolute Gasteiger partial charge is 0.463 e. The fourth-order valence-electron chi connectivity index (χ4n) is 6.43. The Hall–Kier alpha value is -1.32. The van der Waals surface area contributed by atoms with E-state index in [4.69, 9.17) is 9.47 Å². The molecule has 0 radical (unpaired) electrons. The van der Waals surface area contributed by atoms with Crippen molar-refractivity contribution in [2.45, 2.75) is 96.8 Å². The Morgan fingerprint density at radius 2 is 1.24 bits per heavy atom. The summed E-state index contributed by atoms with van der Waals surface area (Å²) in [7, 11) is 0. The predicted molar refractivity (Wildman–Crippen MR) is 114 cm³/mol. The van der Waals surface area contributed by atoms with Crippen molar-refractivity contribution < 1.29 is 19.1 Å². The van der Waals surface area contributed by atoms with Crippen LogP contribution in [0.5, 0.6) is 0 Å². The first-order chi connectivity index (χ1) is 14.1. The molecule has 4 nitrogen and oxygen atoms in total. The highest BCUT2D eigenvalue weighted by atomic mass is 16.5. The average Bonchev–Trinajstić information content (AvgIpc) is 2.67. The molecule has 0 N–H and O–H groups in total. The molecule has 4 aliphatic rings. The molecule has 0 aromatic rings. The molecule has 0 heterocycles. The van der Waals surface area contributed by atoms with Crippen molar-refractivity contribution in [3.8, 4) is 0 Å². The van der Waals surface area contributed by atoms with E-state index in [1.807, 2.05) is 0 Å². The Balaban J connectivity index is 1.23. The molecule has 0 aromatic carbocycles. The monoisotopic (exact) mass is 404 g/mol. The van der Waals surface area contributed by atoms with E-state index in [1.165, 1.54) is 82.8 Å². The van der Waals surface area contributed by atoms with Crippen molar-refractivity contribution in [3.63, 3.8) is 0 Å². The fraction of sp³-hybridized carbons (Fsp3) is 0.840. The number of unbranched alkanes of at least 4 members (excludes halogenated alkanes) is 6. The molecule has 0 saturated heterocycles. The van der Waals surface area contributed by atoms with Crippen LogP contribution >= 0.6 is 0 Å². The van der Waals surface area contributed by atoms with E-state index in [2.05, 4.69) is 6.92 Å². The van der Waals surface area contributed by atoms with Gasteiger partial charge in [-0.1, -0.05) is 45.4 Å². The highest BCUT2D eigenvalue weighted by Crippen LogP contribution is 2.61. The van der Waals surface area contributed by atoms with Crippen LogP contribution in [0.15, 0.2) is 12.2 Å². The predicted octanol–water partition coefficient (Wildman–Crippen LogP) is 5.99. The molecule has 0 atom stereocenters. The van der Waals surface area contributed by atoms with Crippen LogP contribution in [0.25, 0.3) is 0 Å². The third kappa shape index (κ3) is 7.15. The summed E-state index contributed by atoms with van der Waals surface area (Å²) in [5, 5.41) is 0. The van der Waals surface area contributed by atoms with Crippen LogP contribution in [-0.4, -0.2) is 25.2 Å². The topological polar surface area (TPSA) is 52.6 Å². The van der Waals surface area contributed by atoms with Crippen LogP contribution in [-0.2, 0) is 19.1 Å². The minimum atomic E-state index is -0.450. The lowest BCUT2D eigenvalue weighted by molar-refractivity contribution is -0.142. The average molecular weight is 405 g/mol. The van der Waals surface area contributed by atoms with Gasteiger partial charge in [-0.15, -0.1) is 0 Å². The molecule has 0 unspecified atom stereocenters. The Morgan fingerprint density at radius 1 is 0.759 bits per heavy atom. The Kier molecular flexibility index (Phi) is 8.62. The number of hydrogen-bond donors (Lipinski definition) is 0. The maximum absolute atomic E-state index is 11.9. The molecule has 4 aliphatic carbocycles. The number of esters is 2. The number of ether oxygens (including phenoxy) is 2. The molecule has 4 saturated carbocycles. The van der Waals surface area contributed by atoms with Crippen molar-refractivity contribution in [1.82, 2.24) is 0 Å². The van der Waals surface area contributed by atoms with Gasteiger partial charge in [0, 0.05) is 12.2 Å². The normalized spacial score (nSPS) is 30.0. The number of rotatable bonds is 13. The Bertz CT molecular complexity index is 530. The Labute approximate surface area is 176 Å². The van der Waals surface area contributed by atoms with Crippen molar-refractivity contribution >= 4 is 11.9 Å². The maximum atomic E-state index is 11.9. The van der Waals surface area contributed by atoms with E-state index in [1.54, 1.807) is 0 Å². The van der Waals surface area contributed by atoms with Crippen LogP contribution in [0.4, 0.5) is 0 Å². The summed E-state index contributed by atoms with van der Waals surface area (Å²) in [6.45, 7) is 3.12.